The van der Waals surface area contributed by atoms with Crippen molar-refractivity contribution in [2.45, 2.75) is 19.8 Å². The van der Waals surface area contributed by atoms with Gasteiger partial charge in [-0.25, -0.2) is 0 Å². The van der Waals surface area contributed by atoms with E-state index in [1.807, 2.05) is 18.2 Å². The van der Waals surface area contributed by atoms with Gasteiger partial charge in [0, 0.05) is 11.1 Å². The van der Waals surface area contributed by atoms with Crippen LogP contribution >= 0.6 is 0 Å². The minimum Gasteiger partial charge on any atom is -0.496 e. The number of benzene rings is 1. The number of carboxylic acid groups (broad SMARTS) is 1. The second kappa shape index (κ2) is 5.56. The van der Waals surface area contributed by atoms with Crippen LogP contribution in [0, 0.1) is 0 Å². The molecule has 5 nitrogen and oxygen atoms in total. The molecule has 0 aliphatic carbocycles. The zero-order chi connectivity index (χ0) is 13.8. The monoisotopic (exact) mass is 260 g/mol. The quantitative estimate of drug-likeness (QED) is 0.864. The van der Waals surface area contributed by atoms with Crippen molar-refractivity contribution in [3.8, 4) is 16.9 Å². The number of nitrogens with zero attached hydrogens (tertiary/aromatic N) is 1. The Bertz CT molecular complexity index is 590. The summed E-state index contributed by atoms with van der Waals surface area (Å²) in [5, 5.41) is 15.6. The van der Waals surface area contributed by atoms with Gasteiger partial charge in [-0.15, -0.1) is 0 Å². The van der Waals surface area contributed by atoms with E-state index in [1.54, 1.807) is 13.3 Å². The number of nitrogens with one attached hydrogen (secondary N) is 1. The number of aromatic nitrogens is 2. The molecule has 0 fully saturated rings. The van der Waals surface area contributed by atoms with Gasteiger partial charge in [-0.1, -0.05) is 13.0 Å². The molecule has 1 aromatic carbocycles. The summed E-state index contributed by atoms with van der Waals surface area (Å²) < 4.78 is 5.34. The van der Waals surface area contributed by atoms with Gasteiger partial charge in [0.25, 0.3) is 0 Å². The third kappa shape index (κ3) is 2.76. The number of aromatic amines is 1. The van der Waals surface area contributed by atoms with Crippen LogP contribution in [0.1, 0.15) is 18.2 Å². The van der Waals surface area contributed by atoms with Crippen molar-refractivity contribution in [1.82, 2.24) is 10.2 Å². The normalized spacial score (nSPS) is 10.4. The van der Waals surface area contributed by atoms with Gasteiger partial charge in [0.05, 0.1) is 25.4 Å². The molecule has 2 N–H and O–H groups in total. The van der Waals surface area contributed by atoms with Crippen molar-refractivity contribution < 1.29 is 14.6 Å². The number of rotatable bonds is 5. The molecule has 2 aromatic rings. The van der Waals surface area contributed by atoms with E-state index in [4.69, 9.17) is 9.84 Å². The molecule has 2 rings (SSSR count). The van der Waals surface area contributed by atoms with Crippen molar-refractivity contribution in [1.29, 1.82) is 0 Å². The smallest absolute Gasteiger partial charge is 0.309 e. The number of methoxy groups -OCH3 is 1. The summed E-state index contributed by atoms with van der Waals surface area (Å²) in [6.45, 7) is 2.07. The maximum absolute atomic E-state index is 10.8. The van der Waals surface area contributed by atoms with Gasteiger partial charge in [0.2, 0.25) is 0 Å². The Morgan fingerprint density at radius 2 is 2.21 bits per heavy atom. The lowest BCUT2D eigenvalue weighted by Gasteiger charge is -2.10. The Balaban J connectivity index is 2.51. The van der Waals surface area contributed by atoms with E-state index in [9.17, 15) is 4.79 Å². The largest absolute Gasteiger partial charge is 0.496 e. The predicted molar refractivity (Wildman–Crippen MR) is 71.3 cm³/mol. The summed E-state index contributed by atoms with van der Waals surface area (Å²) in [4.78, 5) is 10.8. The number of hydrogen-bond donors (Lipinski definition) is 2. The Kier molecular flexibility index (Phi) is 3.85. The van der Waals surface area contributed by atoms with Crippen LogP contribution in [0.4, 0.5) is 0 Å². The molecule has 0 aliphatic rings. The molecule has 0 unspecified atom stereocenters. The van der Waals surface area contributed by atoms with Gasteiger partial charge in [-0.05, 0) is 24.1 Å². The number of ether oxygens (including phenoxy) is 1. The Morgan fingerprint density at radius 1 is 1.42 bits per heavy atom. The minimum absolute atomic E-state index is 0.0885. The van der Waals surface area contributed by atoms with Gasteiger partial charge < -0.3 is 9.84 Å². The Hall–Kier alpha value is -2.30. The third-order valence-electron chi connectivity index (χ3n) is 3.01. The van der Waals surface area contributed by atoms with E-state index in [-0.39, 0.29) is 6.42 Å². The summed E-state index contributed by atoms with van der Waals surface area (Å²) in [5.74, 6) is -0.179. The highest BCUT2D eigenvalue weighted by molar-refractivity contribution is 5.78. The fraction of sp³-hybridized carbons (Fsp3) is 0.286. The molecule has 100 valence electrons. The number of H-pyrrole nitrogens is 1. The minimum atomic E-state index is -0.892. The molecule has 1 heterocycles. The average Bonchev–Trinajstić information content (AvgIpc) is 2.85. The highest BCUT2D eigenvalue weighted by Gasteiger charge is 2.15. The molecular weight excluding hydrogens is 244 g/mol. The molecule has 19 heavy (non-hydrogen) atoms. The molecule has 0 aliphatic heterocycles. The molecular formula is C14H16N2O3. The average molecular weight is 260 g/mol. The van der Waals surface area contributed by atoms with Crippen molar-refractivity contribution >= 4 is 5.97 Å². The van der Waals surface area contributed by atoms with E-state index in [0.717, 1.165) is 17.5 Å². The van der Waals surface area contributed by atoms with Crippen LogP contribution in [0.2, 0.25) is 0 Å². The summed E-state index contributed by atoms with van der Waals surface area (Å²) in [6.07, 6.45) is 2.45. The first-order chi connectivity index (χ1) is 9.15. The van der Waals surface area contributed by atoms with E-state index in [1.165, 1.54) is 5.56 Å². The third-order valence-corrected chi connectivity index (χ3v) is 3.01. The number of carbonyl (C=O) groups is 1. The van der Waals surface area contributed by atoms with E-state index >= 15 is 0 Å². The molecule has 0 amide bonds. The molecule has 0 saturated heterocycles. The van der Waals surface area contributed by atoms with Gasteiger partial charge in [0.15, 0.2) is 0 Å². The van der Waals surface area contributed by atoms with Gasteiger partial charge in [0.1, 0.15) is 5.75 Å². The standard InChI is InChI=1S/C14H16N2O3/c1-3-9-4-5-13(19-2)10(6-9)11-8-15-16-12(11)7-14(17)18/h4-6,8H,3,7H2,1-2H3,(H,15,16)(H,17,18). The van der Waals surface area contributed by atoms with Crippen LogP contribution < -0.4 is 4.74 Å². The first-order valence-electron chi connectivity index (χ1n) is 6.07. The van der Waals surface area contributed by atoms with Gasteiger partial charge in [-0.2, -0.15) is 5.10 Å². The van der Waals surface area contributed by atoms with Crippen LogP contribution in [0.5, 0.6) is 5.75 Å². The van der Waals surface area contributed by atoms with Crippen molar-refractivity contribution in [3.63, 3.8) is 0 Å². The van der Waals surface area contributed by atoms with Crippen LogP contribution in [0.15, 0.2) is 24.4 Å². The first-order valence-corrected chi connectivity index (χ1v) is 6.07. The lowest BCUT2D eigenvalue weighted by Crippen LogP contribution is -2.02. The van der Waals surface area contributed by atoms with Crippen LogP contribution in [-0.4, -0.2) is 28.4 Å². The zero-order valence-corrected chi connectivity index (χ0v) is 10.9. The lowest BCUT2D eigenvalue weighted by molar-refractivity contribution is -0.136. The highest BCUT2D eigenvalue weighted by atomic mass is 16.5. The molecule has 0 radical (unpaired) electrons. The maximum Gasteiger partial charge on any atom is 0.309 e. The van der Waals surface area contributed by atoms with Crippen LogP contribution in [-0.2, 0) is 17.6 Å². The van der Waals surface area contributed by atoms with Crippen molar-refractivity contribution in [3.05, 3.63) is 35.7 Å². The topological polar surface area (TPSA) is 75.2 Å². The lowest BCUT2D eigenvalue weighted by atomic mass is 10.0. The summed E-state index contributed by atoms with van der Waals surface area (Å²) >= 11 is 0. The zero-order valence-electron chi connectivity index (χ0n) is 10.9. The number of aryl methyl sites for hydroxylation is 1. The van der Waals surface area contributed by atoms with Gasteiger partial charge in [-0.3, -0.25) is 9.89 Å². The number of hydrogen-bond acceptors (Lipinski definition) is 3. The van der Waals surface area contributed by atoms with E-state index in [2.05, 4.69) is 17.1 Å². The molecule has 0 atom stereocenters. The maximum atomic E-state index is 10.8. The molecule has 1 aromatic heterocycles. The first kappa shape index (κ1) is 13.1. The SMILES string of the molecule is CCc1ccc(OC)c(-c2cn[nH]c2CC(=O)O)c1. The van der Waals surface area contributed by atoms with Crippen molar-refractivity contribution in [2.24, 2.45) is 0 Å². The molecule has 0 saturated carbocycles. The van der Waals surface area contributed by atoms with E-state index < -0.39 is 5.97 Å². The van der Waals surface area contributed by atoms with Crippen LogP contribution in [0.3, 0.4) is 0 Å². The highest BCUT2D eigenvalue weighted by Crippen LogP contribution is 2.32. The Morgan fingerprint density at radius 3 is 2.84 bits per heavy atom. The fourth-order valence-electron chi connectivity index (χ4n) is 2.02. The summed E-state index contributed by atoms with van der Waals surface area (Å²) in [5.41, 5.74) is 3.39. The molecule has 0 bridgehead atoms. The van der Waals surface area contributed by atoms with Gasteiger partial charge >= 0.3 is 5.97 Å². The number of aliphatic carboxylic acids is 1. The second-order valence-corrected chi connectivity index (χ2v) is 4.22. The summed E-state index contributed by atoms with van der Waals surface area (Å²) in [6, 6.07) is 5.90. The summed E-state index contributed by atoms with van der Waals surface area (Å²) in [7, 11) is 1.60. The second-order valence-electron chi connectivity index (χ2n) is 4.22. The predicted octanol–water partition coefficient (Wildman–Crippen LogP) is 2.27. The Labute approximate surface area is 111 Å². The molecule has 0 spiro atoms. The molecule has 5 heteroatoms. The van der Waals surface area contributed by atoms with Crippen LogP contribution in [0.25, 0.3) is 11.1 Å². The number of carboxylic acids is 1. The van der Waals surface area contributed by atoms with E-state index in [0.29, 0.717) is 11.4 Å². The fourth-order valence-corrected chi connectivity index (χ4v) is 2.02. The van der Waals surface area contributed by atoms with Crippen molar-refractivity contribution in [2.75, 3.05) is 7.11 Å².